The fraction of sp³-hybridized carbons (Fsp3) is 0.286. The van der Waals surface area contributed by atoms with Gasteiger partial charge in [-0.15, -0.1) is 0 Å². The van der Waals surface area contributed by atoms with E-state index in [-0.39, 0.29) is 30.0 Å². The third-order valence-corrected chi connectivity index (χ3v) is 4.82. The van der Waals surface area contributed by atoms with Crippen LogP contribution in [0.5, 0.6) is 0 Å². The monoisotopic (exact) mass is 364 g/mol. The Balaban J connectivity index is 1.95. The third-order valence-electron chi connectivity index (χ3n) is 4.82. The second-order valence-electron chi connectivity index (χ2n) is 7.68. The minimum Gasteiger partial charge on any atom is -0.390 e. The summed E-state index contributed by atoms with van der Waals surface area (Å²) >= 11 is 0. The van der Waals surface area contributed by atoms with Crippen LogP contribution >= 0.6 is 0 Å². The molecule has 0 bridgehead atoms. The fourth-order valence-electron chi connectivity index (χ4n) is 3.78. The van der Waals surface area contributed by atoms with Crippen molar-refractivity contribution in [1.29, 1.82) is 0 Å². The molecule has 3 aromatic rings. The van der Waals surface area contributed by atoms with Gasteiger partial charge in [-0.3, -0.25) is 14.2 Å². The number of para-hydroxylation sites is 2. The lowest BCUT2D eigenvalue weighted by atomic mass is 9.86. The molecule has 1 aliphatic rings. The zero-order chi connectivity index (χ0) is 19.4. The zero-order valence-electron chi connectivity index (χ0n) is 15.1. The molecule has 1 aliphatic heterocycles. The van der Waals surface area contributed by atoms with E-state index < -0.39 is 11.2 Å². The summed E-state index contributed by atoms with van der Waals surface area (Å²) in [5.74, 6) is -0.174. The predicted octanol–water partition coefficient (Wildman–Crippen LogP) is 2.06. The van der Waals surface area contributed by atoms with E-state index in [9.17, 15) is 19.8 Å². The average molecular weight is 364 g/mol. The van der Waals surface area contributed by atoms with Crippen LogP contribution < -0.4 is 5.56 Å². The maximum absolute atomic E-state index is 13.1. The van der Waals surface area contributed by atoms with Gasteiger partial charge in [0.05, 0.1) is 22.2 Å². The van der Waals surface area contributed by atoms with E-state index >= 15 is 0 Å². The number of ketones is 1. The van der Waals surface area contributed by atoms with Crippen molar-refractivity contribution in [2.45, 2.75) is 37.9 Å². The summed E-state index contributed by atoms with van der Waals surface area (Å²) in [7, 11) is 0. The third kappa shape index (κ3) is 2.78. The van der Waals surface area contributed by atoms with E-state index in [0.29, 0.717) is 22.2 Å². The van der Waals surface area contributed by atoms with Crippen LogP contribution in [0.3, 0.4) is 0 Å². The van der Waals surface area contributed by atoms with Crippen LogP contribution in [0.15, 0.2) is 53.3 Å². The number of hydrogen-bond donors (Lipinski definition) is 2. The second-order valence-corrected chi connectivity index (χ2v) is 7.68. The number of nitrogens with zero attached hydrogens (tertiary/aromatic N) is 2. The van der Waals surface area contributed by atoms with Gasteiger partial charge in [-0.1, -0.05) is 30.3 Å². The second kappa shape index (κ2) is 5.84. The number of fused-ring (bicyclic) bond motifs is 4. The predicted molar refractivity (Wildman–Crippen MR) is 101 cm³/mol. The molecular formula is C21H20N2O4. The Kier molecular flexibility index (Phi) is 3.80. The number of aromatic nitrogens is 2. The highest BCUT2D eigenvalue weighted by Crippen LogP contribution is 2.42. The molecule has 4 rings (SSSR count). The average Bonchev–Trinajstić information content (AvgIpc) is 2.83. The molecule has 1 atom stereocenters. The zero-order valence-corrected chi connectivity index (χ0v) is 15.1. The lowest BCUT2D eigenvalue weighted by Gasteiger charge is -2.24. The number of carbonyl (C=O) groups is 1. The number of Topliss-reactive ketones (excluding diaryl/α,β-unsaturated/α-hetero) is 1. The summed E-state index contributed by atoms with van der Waals surface area (Å²) in [6.07, 6.45) is -0.367. The van der Waals surface area contributed by atoms with Crippen LogP contribution in [0.2, 0.25) is 0 Å². The minimum absolute atomic E-state index is 0.102. The molecule has 0 saturated carbocycles. The first-order valence-corrected chi connectivity index (χ1v) is 8.79. The molecule has 0 aliphatic carbocycles. The van der Waals surface area contributed by atoms with Gasteiger partial charge in [-0.25, -0.2) is 4.98 Å². The Morgan fingerprint density at radius 1 is 1.15 bits per heavy atom. The standard InChI is InChI=1S/C21H20N2O4/c1-20(2,26)11-13(24)12-21(27)15-8-4-6-10-17(15)23-18(25)14-7-3-5-9-16(14)22-19(21)23/h3-10,26-27H,11-12H2,1-2H3. The molecule has 1 aromatic heterocycles. The first-order valence-electron chi connectivity index (χ1n) is 8.79. The summed E-state index contributed by atoms with van der Waals surface area (Å²) < 4.78 is 1.38. The Hall–Kier alpha value is -2.83. The van der Waals surface area contributed by atoms with Crippen molar-refractivity contribution in [3.8, 4) is 5.69 Å². The van der Waals surface area contributed by atoms with Gasteiger partial charge in [-0.05, 0) is 32.0 Å². The van der Waals surface area contributed by atoms with E-state index in [1.165, 1.54) is 4.57 Å². The van der Waals surface area contributed by atoms with Gasteiger partial charge < -0.3 is 10.2 Å². The van der Waals surface area contributed by atoms with Crippen LogP contribution in [-0.2, 0) is 10.4 Å². The number of rotatable bonds is 4. The molecule has 6 heteroatoms. The van der Waals surface area contributed by atoms with Crippen LogP contribution in [0, 0.1) is 0 Å². The van der Waals surface area contributed by atoms with E-state index in [2.05, 4.69) is 4.98 Å². The van der Waals surface area contributed by atoms with Crippen molar-refractivity contribution in [2.75, 3.05) is 0 Å². The summed E-state index contributed by atoms with van der Waals surface area (Å²) in [5, 5.41) is 21.9. The molecule has 0 amide bonds. The number of carbonyl (C=O) groups excluding carboxylic acids is 1. The van der Waals surface area contributed by atoms with Crippen molar-refractivity contribution < 1.29 is 15.0 Å². The highest BCUT2D eigenvalue weighted by molar-refractivity contribution is 5.83. The van der Waals surface area contributed by atoms with E-state index in [1.807, 2.05) is 0 Å². The number of benzene rings is 2. The van der Waals surface area contributed by atoms with Crippen LogP contribution in [-0.4, -0.2) is 31.1 Å². The van der Waals surface area contributed by atoms with Crippen LogP contribution in [0.4, 0.5) is 0 Å². The number of hydrogen-bond acceptors (Lipinski definition) is 5. The Bertz CT molecular complexity index is 1130. The quantitative estimate of drug-likeness (QED) is 0.739. The topological polar surface area (TPSA) is 92.4 Å². The molecule has 27 heavy (non-hydrogen) atoms. The molecule has 0 fully saturated rings. The summed E-state index contributed by atoms with van der Waals surface area (Å²) in [6.45, 7) is 3.09. The minimum atomic E-state index is -1.72. The summed E-state index contributed by atoms with van der Waals surface area (Å²) in [4.78, 5) is 30.2. The van der Waals surface area contributed by atoms with Crippen LogP contribution in [0.25, 0.3) is 16.6 Å². The van der Waals surface area contributed by atoms with E-state index in [1.54, 1.807) is 62.4 Å². The summed E-state index contributed by atoms with van der Waals surface area (Å²) in [5.41, 5.74) is -1.73. The normalized spacial score (nSPS) is 18.4. The largest absolute Gasteiger partial charge is 0.390 e. The van der Waals surface area contributed by atoms with Crippen molar-refractivity contribution in [3.63, 3.8) is 0 Å². The van der Waals surface area contributed by atoms with Gasteiger partial charge in [0.1, 0.15) is 5.78 Å². The maximum atomic E-state index is 13.1. The first-order chi connectivity index (χ1) is 12.7. The van der Waals surface area contributed by atoms with Gasteiger partial charge in [0.2, 0.25) is 0 Å². The van der Waals surface area contributed by atoms with Gasteiger partial charge >= 0.3 is 0 Å². The molecular weight excluding hydrogens is 344 g/mol. The van der Waals surface area contributed by atoms with Gasteiger partial charge in [0.25, 0.3) is 5.56 Å². The van der Waals surface area contributed by atoms with E-state index in [4.69, 9.17) is 0 Å². The van der Waals surface area contributed by atoms with Crippen molar-refractivity contribution in [1.82, 2.24) is 9.55 Å². The molecule has 0 saturated heterocycles. The molecule has 1 unspecified atom stereocenters. The lowest BCUT2D eigenvalue weighted by Crippen LogP contribution is -2.34. The Morgan fingerprint density at radius 2 is 1.81 bits per heavy atom. The smallest absolute Gasteiger partial charge is 0.266 e. The molecule has 2 aromatic carbocycles. The highest BCUT2D eigenvalue weighted by Gasteiger charge is 2.46. The fourth-order valence-corrected chi connectivity index (χ4v) is 3.78. The molecule has 2 heterocycles. The summed E-state index contributed by atoms with van der Waals surface area (Å²) in [6, 6.07) is 13.9. The highest BCUT2D eigenvalue weighted by atomic mass is 16.3. The van der Waals surface area contributed by atoms with Crippen molar-refractivity contribution in [3.05, 3.63) is 70.3 Å². The Labute approximate surface area is 155 Å². The van der Waals surface area contributed by atoms with Gasteiger partial charge in [0.15, 0.2) is 11.4 Å². The van der Waals surface area contributed by atoms with E-state index in [0.717, 1.165) is 0 Å². The van der Waals surface area contributed by atoms with Crippen LogP contribution in [0.1, 0.15) is 38.1 Å². The van der Waals surface area contributed by atoms with Gasteiger partial charge in [-0.2, -0.15) is 0 Å². The molecule has 6 nitrogen and oxygen atoms in total. The number of aliphatic hydroxyl groups is 2. The molecule has 2 N–H and O–H groups in total. The lowest BCUT2D eigenvalue weighted by molar-refractivity contribution is -0.126. The maximum Gasteiger partial charge on any atom is 0.266 e. The molecule has 138 valence electrons. The SMILES string of the molecule is CC(C)(O)CC(=O)CC1(O)c2ccccc2-n2c1nc1ccccc1c2=O. The Morgan fingerprint density at radius 3 is 2.56 bits per heavy atom. The molecule has 0 spiro atoms. The molecule has 0 radical (unpaired) electrons. The van der Waals surface area contributed by atoms with Crippen molar-refractivity contribution >= 4 is 16.7 Å². The van der Waals surface area contributed by atoms with Gasteiger partial charge in [0, 0.05) is 18.4 Å². The first kappa shape index (κ1) is 17.6. The van der Waals surface area contributed by atoms with Crippen molar-refractivity contribution in [2.24, 2.45) is 0 Å².